The van der Waals surface area contributed by atoms with E-state index in [-0.39, 0.29) is 18.2 Å². The Kier molecular flexibility index (Phi) is 9.46. The molecule has 2 aromatic heterocycles. The lowest BCUT2D eigenvalue weighted by atomic mass is 10.1. The van der Waals surface area contributed by atoms with Crippen LogP contribution in [-0.2, 0) is 20.8 Å². The maximum Gasteiger partial charge on any atom is 0.356 e. The van der Waals surface area contributed by atoms with Gasteiger partial charge in [-0.15, -0.1) is 0 Å². The lowest BCUT2D eigenvalue weighted by Gasteiger charge is -2.12. The molecule has 0 bridgehead atoms. The number of esters is 1. The molecule has 0 aliphatic rings. The molecule has 0 aliphatic carbocycles. The number of amides is 1. The second kappa shape index (κ2) is 12.7. The maximum atomic E-state index is 12.8. The van der Waals surface area contributed by atoms with Crippen LogP contribution in [0.3, 0.4) is 0 Å². The predicted octanol–water partition coefficient (Wildman–Crippen LogP) is 4.59. The molecule has 0 radical (unpaired) electrons. The van der Waals surface area contributed by atoms with E-state index in [2.05, 4.69) is 29.5 Å². The van der Waals surface area contributed by atoms with E-state index in [9.17, 15) is 9.59 Å². The number of anilines is 2. The van der Waals surface area contributed by atoms with Gasteiger partial charge < -0.3 is 29.4 Å². The highest BCUT2D eigenvalue weighted by atomic mass is 16.5. The van der Waals surface area contributed by atoms with Crippen LogP contribution in [0.2, 0.25) is 0 Å². The summed E-state index contributed by atoms with van der Waals surface area (Å²) in [6.07, 6.45) is 6.56. The van der Waals surface area contributed by atoms with Gasteiger partial charge in [-0.05, 0) is 36.1 Å². The van der Waals surface area contributed by atoms with Gasteiger partial charge in [-0.25, -0.2) is 9.78 Å². The molecule has 0 aliphatic heterocycles. The zero-order valence-corrected chi connectivity index (χ0v) is 21.5. The van der Waals surface area contributed by atoms with Crippen LogP contribution in [0.25, 0.3) is 17.1 Å². The van der Waals surface area contributed by atoms with Gasteiger partial charge in [0.2, 0.25) is 5.91 Å². The fraction of sp³-hybridized carbons (Fsp3) is 0.370. The minimum atomic E-state index is -0.540. The molecule has 9 nitrogen and oxygen atoms in total. The molecule has 0 unspecified atom stereocenters. The van der Waals surface area contributed by atoms with Crippen molar-refractivity contribution >= 4 is 40.4 Å². The van der Waals surface area contributed by atoms with Crippen LogP contribution in [-0.4, -0.2) is 55.9 Å². The van der Waals surface area contributed by atoms with Crippen molar-refractivity contribution < 1.29 is 23.8 Å². The highest BCUT2D eigenvalue weighted by Gasteiger charge is 2.26. The first-order valence-corrected chi connectivity index (χ1v) is 11.8. The first kappa shape index (κ1) is 26.7. The van der Waals surface area contributed by atoms with Crippen molar-refractivity contribution in [2.24, 2.45) is 5.92 Å². The van der Waals surface area contributed by atoms with Crippen molar-refractivity contribution in [3.8, 4) is 5.75 Å². The third-order valence-corrected chi connectivity index (χ3v) is 5.60. The highest BCUT2D eigenvalue weighted by molar-refractivity contribution is 6.11. The molecule has 9 heteroatoms. The summed E-state index contributed by atoms with van der Waals surface area (Å²) in [4.78, 5) is 29.8. The quantitative estimate of drug-likeness (QED) is 0.355. The molecule has 0 atom stereocenters. The molecular formula is C27H34N4O5. The zero-order valence-electron chi connectivity index (χ0n) is 21.5. The van der Waals surface area contributed by atoms with Gasteiger partial charge in [0.05, 0.1) is 31.8 Å². The SMILES string of the molecule is COCC(=O)Nc1c(C(=O)OC)n(CCC(C)C)c2ncc(NC/C=C/c3ccc(OC)cc3)cc12. The van der Waals surface area contributed by atoms with Crippen LogP contribution in [0.1, 0.15) is 36.3 Å². The number of fused-ring (bicyclic) bond motifs is 1. The summed E-state index contributed by atoms with van der Waals surface area (Å²) in [6, 6.07) is 9.66. The third kappa shape index (κ3) is 6.63. The van der Waals surface area contributed by atoms with E-state index in [1.165, 1.54) is 14.2 Å². The van der Waals surface area contributed by atoms with E-state index in [1.807, 2.05) is 47.1 Å². The minimum absolute atomic E-state index is 0.138. The molecule has 0 fully saturated rings. The number of aromatic nitrogens is 2. The number of hydrogen-bond acceptors (Lipinski definition) is 7. The Balaban J connectivity index is 1.92. The summed E-state index contributed by atoms with van der Waals surface area (Å²) in [5.74, 6) is 0.315. The zero-order chi connectivity index (χ0) is 26.1. The standard InChI is InChI=1S/C27H34N4O5/c1-18(2)12-14-31-25(27(33)36-5)24(30-23(32)17-34-3)22-15-20(16-29-26(22)31)28-13-6-7-19-8-10-21(35-4)11-9-19/h6-11,15-16,18,28H,12-14,17H2,1-5H3,(H,30,32)/b7-6+. The Morgan fingerprint density at radius 1 is 1.14 bits per heavy atom. The second-order valence-corrected chi connectivity index (χ2v) is 8.68. The van der Waals surface area contributed by atoms with Crippen LogP contribution in [0.15, 0.2) is 42.6 Å². The van der Waals surface area contributed by atoms with Gasteiger partial charge in [-0.2, -0.15) is 0 Å². The average Bonchev–Trinajstić information content (AvgIpc) is 3.17. The van der Waals surface area contributed by atoms with E-state index in [4.69, 9.17) is 14.2 Å². The van der Waals surface area contributed by atoms with E-state index in [0.717, 1.165) is 23.4 Å². The van der Waals surface area contributed by atoms with Crippen LogP contribution in [0.4, 0.5) is 11.4 Å². The number of ether oxygens (including phenoxy) is 3. The smallest absolute Gasteiger partial charge is 0.356 e. The number of benzene rings is 1. The van der Waals surface area contributed by atoms with Crippen molar-refractivity contribution in [1.29, 1.82) is 0 Å². The fourth-order valence-corrected chi connectivity index (χ4v) is 3.76. The summed E-state index contributed by atoms with van der Waals surface area (Å²) in [6.45, 7) is 5.20. The van der Waals surface area contributed by atoms with E-state index < -0.39 is 5.97 Å². The summed E-state index contributed by atoms with van der Waals surface area (Å²) in [5, 5.41) is 6.79. The van der Waals surface area contributed by atoms with Crippen LogP contribution < -0.4 is 15.4 Å². The van der Waals surface area contributed by atoms with Gasteiger partial charge in [0.15, 0.2) is 5.69 Å². The average molecular weight is 495 g/mol. The number of hydrogen-bond donors (Lipinski definition) is 2. The first-order valence-electron chi connectivity index (χ1n) is 11.8. The molecule has 36 heavy (non-hydrogen) atoms. The van der Waals surface area contributed by atoms with Crippen molar-refractivity contribution in [3.63, 3.8) is 0 Å². The molecule has 192 valence electrons. The summed E-state index contributed by atoms with van der Waals surface area (Å²) in [5.41, 5.74) is 3.04. The molecule has 1 amide bonds. The van der Waals surface area contributed by atoms with Gasteiger partial charge in [0.25, 0.3) is 0 Å². The normalized spacial score (nSPS) is 11.3. The van der Waals surface area contributed by atoms with E-state index in [0.29, 0.717) is 35.7 Å². The molecule has 0 spiro atoms. The molecule has 0 saturated heterocycles. The Hall–Kier alpha value is -3.85. The van der Waals surface area contributed by atoms with Crippen LogP contribution in [0.5, 0.6) is 5.75 Å². The number of aryl methyl sites for hydroxylation is 1. The molecular weight excluding hydrogens is 460 g/mol. The van der Waals surface area contributed by atoms with Crippen LogP contribution in [0, 0.1) is 5.92 Å². The Morgan fingerprint density at radius 3 is 2.53 bits per heavy atom. The molecule has 1 aromatic carbocycles. The van der Waals surface area contributed by atoms with Crippen molar-refractivity contribution in [2.75, 3.05) is 45.1 Å². The van der Waals surface area contributed by atoms with Crippen molar-refractivity contribution in [1.82, 2.24) is 9.55 Å². The lowest BCUT2D eigenvalue weighted by Crippen LogP contribution is -2.20. The number of pyridine rings is 1. The largest absolute Gasteiger partial charge is 0.497 e. The monoisotopic (exact) mass is 494 g/mol. The fourth-order valence-electron chi connectivity index (χ4n) is 3.76. The first-order chi connectivity index (χ1) is 17.4. The summed E-state index contributed by atoms with van der Waals surface area (Å²) >= 11 is 0. The van der Waals surface area contributed by atoms with Crippen molar-refractivity contribution in [3.05, 3.63) is 53.9 Å². The maximum absolute atomic E-state index is 12.8. The topological polar surface area (TPSA) is 104 Å². The highest BCUT2D eigenvalue weighted by Crippen LogP contribution is 2.33. The van der Waals surface area contributed by atoms with E-state index in [1.54, 1.807) is 13.3 Å². The number of carbonyl (C=O) groups is 2. The van der Waals surface area contributed by atoms with E-state index >= 15 is 0 Å². The van der Waals surface area contributed by atoms with Gasteiger partial charge in [0.1, 0.15) is 18.0 Å². The van der Waals surface area contributed by atoms with Gasteiger partial charge >= 0.3 is 5.97 Å². The van der Waals surface area contributed by atoms with Crippen LogP contribution >= 0.6 is 0 Å². The van der Waals surface area contributed by atoms with Gasteiger partial charge in [-0.1, -0.05) is 38.1 Å². The summed E-state index contributed by atoms with van der Waals surface area (Å²) in [7, 11) is 4.40. The number of rotatable bonds is 12. The molecule has 3 aromatic rings. The van der Waals surface area contributed by atoms with Crippen molar-refractivity contribution in [2.45, 2.75) is 26.8 Å². The summed E-state index contributed by atoms with van der Waals surface area (Å²) < 4.78 is 17.0. The Morgan fingerprint density at radius 2 is 1.89 bits per heavy atom. The second-order valence-electron chi connectivity index (χ2n) is 8.68. The minimum Gasteiger partial charge on any atom is -0.497 e. The molecule has 2 heterocycles. The molecule has 0 saturated carbocycles. The Bertz CT molecular complexity index is 1220. The van der Waals surface area contributed by atoms with Gasteiger partial charge in [0, 0.05) is 25.6 Å². The lowest BCUT2D eigenvalue weighted by molar-refractivity contribution is -0.119. The number of nitrogens with zero attached hydrogens (tertiary/aromatic N) is 2. The number of methoxy groups -OCH3 is 3. The number of carbonyl (C=O) groups excluding carboxylic acids is 2. The third-order valence-electron chi connectivity index (χ3n) is 5.60. The predicted molar refractivity (Wildman–Crippen MR) is 142 cm³/mol. The number of nitrogens with one attached hydrogen (secondary N) is 2. The Labute approximate surface area is 211 Å². The van der Waals surface area contributed by atoms with Gasteiger partial charge in [-0.3, -0.25) is 4.79 Å². The molecule has 3 rings (SSSR count). The molecule has 2 N–H and O–H groups in total.